The lowest BCUT2D eigenvalue weighted by molar-refractivity contribution is 0.00578. The minimum atomic E-state index is -0.378. The summed E-state index contributed by atoms with van der Waals surface area (Å²) in [5, 5.41) is 0. The highest BCUT2D eigenvalue weighted by atomic mass is 16.7. The van der Waals surface area contributed by atoms with Crippen LogP contribution in [0.15, 0.2) is 12.1 Å². The Bertz CT molecular complexity index is 712. The number of hydrogen-bond donors (Lipinski definition) is 0. The number of hydrogen-bond acceptors (Lipinski definition) is 4. The second kappa shape index (κ2) is 7.37. The Balaban J connectivity index is 2.11. The molecule has 0 atom stereocenters. The molecule has 3 rings (SSSR count). The van der Waals surface area contributed by atoms with Gasteiger partial charge in [-0.05, 0) is 89.3 Å². The van der Waals surface area contributed by atoms with Gasteiger partial charge in [-0.25, -0.2) is 0 Å². The van der Waals surface area contributed by atoms with Crippen LogP contribution in [0.5, 0.6) is 0 Å². The van der Waals surface area contributed by atoms with Gasteiger partial charge >= 0.3 is 14.2 Å². The van der Waals surface area contributed by atoms with E-state index in [2.05, 4.69) is 95.2 Å². The van der Waals surface area contributed by atoms with E-state index in [0.717, 1.165) is 10.9 Å². The van der Waals surface area contributed by atoms with Crippen LogP contribution in [0, 0.1) is 0 Å². The SMILES string of the molecule is CC(C)c1cc(B2OC(C)(C)C(C)(C)O2)c(C(C)C)cc1B1OC(C)(C)C(C)(C)O1. The minimum absolute atomic E-state index is 0.321. The van der Waals surface area contributed by atoms with Crippen LogP contribution in [0.4, 0.5) is 0 Å². The largest absolute Gasteiger partial charge is 0.495 e. The van der Waals surface area contributed by atoms with Crippen molar-refractivity contribution < 1.29 is 18.6 Å². The number of benzene rings is 1. The maximum Gasteiger partial charge on any atom is 0.495 e. The fourth-order valence-electron chi connectivity index (χ4n) is 4.02. The van der Waals surface area contributed by atoms with Gasteiger partial charge in [0.15, 0.2) is 0 Å². The van der Waals surface area contributed by atoms with E-state index in [-0.39, 0.29) is 36.6 Å². The van der Waals surface area contributed by atoms with Gasteiger partial charge in [-0.1, -0.05) is 39.8 Å². The molecule has 2 saturated heterocycles. The Morgan fingerprint density at radius 3 is 0.967 bits per heavy atom. The van der Waals surface area contributed by atoms with E-state index in [1.54, 1.807) is 0 Å². The molecule has 0 aliphatic carbocycles. The van der Waals surface area contributed by atoms with Crippen molar-refractivity contribution in [2.24, 2.45) is 0 Å². The zero-order valence-electron chi connectivity index (χ0n) is 21.1. The summed E-state index contributed by atoms with van der Waals surface area (Å²) in [5.41, 5.74) is 3.22. The normalized spacial score (nSPS) is 24.3. The van der Waals surface area contributed by atoms with E-state index in [9.17, 15) is 0 Å². The van der Waals surface area contributed by atoms with Crippen molar-refractivity contribution in [1.29, 1.82) is 0 Å². The Kier molecular flexibility index (Phi) is 5.85. The fourth-order valence-corrected chi connectivity index (χ4v) is 4.02. The molecule has 0 bridgehead atoms. The molecule has 1 aromatic carbocycles. The molecule has 2 aliphatic rings. The fraction of sp³-hybridized carbons (Fsp3) is 0.750. The van der Waals surface area contributed by atoms with E-state index in [1.165, 1.54) is 11.1 Å². The first-order chi connectivity index (χ1) is 13.5. The first kappa shape index (κ1) is 23.8. The maximum absolute atomic E-state index is 6.42. The molecule has 2 heterocycles. The van der Waals surface area contributed by atoms with E-state index in [0.29, 0.717) is 11.8 Å². The first-order valence-corrected chi connectivity index (χ1v) is 11.4. The third kappa shape index (κ3) is 3.90. The van der Waals surface area contributed by atoms with Gasteiger partial charge in [0, 0.05) is 0 Å². The monoisotopic (exact) mass is 414 g/mol. The summed E-state index contributed by atoms with van der Waals surface area (Å²) in [4.78, 5) is 0. The van der Waals surface area contributed by atoms with Crippen molar-refractivity contribution in [3.8, 4) is 0 Å². The van der Waals surface area contributed by atoms with Gasteiger partial charge in [-0.3, -0.25) is 0 Å². The molecule has 6 heteroatoms. The molecule has 0 amide bonds. The second-order valence-electron chi connectivity index (χ2n) is 11.6. The first-order valence-electron chi connectivity index (χ1n) is 11.4. The molecule has 0 radical (unpaired) electrons. The van der Waals surface area contributed by atoms with Crippen LogP contribution in [0.25, 0.3) is 0 Å². The molecular weight excluding hydrogens is 374 g/mol. The van der Waals surface area contributed by atoms with Gasteiger partial charge in [0.05, 0.1) is 22.4 Å². The molecule has 0 spiro atoms. The Labute approximate surface area is 184 Å². The van der Waals surface area contributed by atoms with Crippen molar-refractivity contribution >= 4 is 25.2 Å². The van der Waals surface area contributed by atoms with E-state index in [4.69, 9.17) is 18.6 Å². The molecule has 166 valence electrons. The van der Waals surface area contributed by atoms with Gasteiger partial charge < -0.3 is 18.6 Å². The summed E-state index contributed by atoms with van der Waals surface area (Å²) in [7, 11) is -0.755. The molecule has 1 aromatic rings. The predicted molar refractivity (Wildman–Crippen MR) is 126 cm³/mol. The van der Waals surface area contributed by atoms with Crippen LogP contribution < -0.4 is 10.9 Å². The number of rotatable bonds is 4. The van der Waals surface area contributed by atoms with Gasteiger partial charge in [-0.15, -0.1) is 0 Å². The van der Waals surface area contributed by atoms with E-state index >= 15 is 0 Å². The molecule has 4 nitrogen and oxygen atoms in total. The lowest BCUT2D eigenvalue weighted by Gasteiger charge is -2.32. The molecule has 30 heavy (non-hydrogen) atoms. The molecular formula is C24H40B2O4. The van der Waals surface area contributed by atoms with Crippen LogP contribution in [-0.2, 0) is 18.6 Å². The third-order valence-corrected chi connectivity index (χ3v) is 7.55. The summed E-state index contributed by atoms with van der Waals surface area (Å²) in [6, 6.07) is 4.53. The van der Waals surface area contributed by atoms with Crippen molar-refractivity contribution in [3.63, 3.8) is 0 Å². The van der Waals surface area contributed by atoms with Crippen LogP contribution in [0.3, 0.4) is 0 Å². The molecule has 0 unspecified atom stereocenters. The lowest BCUT2D eigenvalue weighted by atomic mass is 9.66. The van der Waals surface area contributed by atoms with Gasteiger partial charge in [0.2, 0.25) is 0 Å². The third-order valence-electron chi connectivity index (χ3n) is 7.55. The Morgan fingerprint density at radius 2 is 0.767 bits per heavy atom. The molecule has 2 aliphatic heterocycles. The van der Waals surface area contributed by atoms with E-state index in [1.807, 2.05) is 0 Å². The average Bonchev–Trinajstić information content (AvgIpc) is 2.93. The van der Waals surface area contributed by atoms with Crippen molar-refractivity contribution in [3.05, 3.63) is 23.3 Å². The minimum Gasteiger partial charge on any atom is -0.399 e. The highest BCUT2D eigenvalue weighted by Crippen LogP contribution is 2.39. The summed E-state index contributed by atoms with van der Waals surface area (Å²) >= 11 is 0. The second-order valence-corrected chi connectivity index (χ2v) is 11.6. The van der Waals surface area contributed by atoms with Crippen LogP contribution in [-0.4, -0.2) is 36.6 Å². The van der Waals surface area contributed by atoms with Gasteiger partial charge in [0.1, 0.15) is 0 Å². The molecule has 2 fully saturated rings. The topological polar surface area (TPSA) is 36.9 Å². The zero-order valence-corrected chi connectivity index (χ0v) is 21.1. The van der Waals surface area contributed by atoms with Crippen LogP contribution in [0.1, 0.15) is 106 Å². The molecule has 0 saturated carbocycles. The van der Waals surface area contributed by atoms with Gasteiger partial charge in [-0.2, -0.15) is 0 Å². The Hall–Kier alpha value is -0.810. The van der Waals surface area contributed by atoms with E-state index < -0.39 is 0 Å². The predicted octanol–water partition coefficient (Wildman–Crippen LogP) is 4.53. The van der Waals surface area contributed by atoms with Crippen molar-refractivity contribution in [2.75, 3.05) is 0 Å². The summed E-state index contributed by atoms with van der Waals surface area (Å²) in [5.74, 6) is 0.642. The molecule has 0 aromatic heterocycles. The Morgan fingerprint density at radius 1 is 0.533 bits per heavy atom. The highest BCUT2D eigenvalue weighted by molar-refractivity contribution is 6.65. The highest BCUT2D eigenvalue weighted by Gasteiger charge is 2.54. The summed E-state index contributed by atoms with van der Waals surface area (Å²) in [6.45, 7) is 25.7. The zero-order chi connectivity index (χ0) is 22.9. The summed E-state index contributed by atoms with van der Waals surface area (Å²) < 4.78 is 25.7. The maximum atomic E-state index is 6.42. The van der Waals surface area contributed by atoms with Crippen molar-refractivity contribution in [1.82, 2.24) is 0 Å². The van der Waals surface area contributed by atoms with Crippen molar-refractivity contribution in [2.45, 2.75) is 117 Å². The lowest BCUT2D eigenvalue weighted by Crippen LogP contribution is -2.43. The van der Waals surface area contributed by atoms with Crippen LogP contribution >= 0.6 is 0 Å². The van der Waals surface area contributed by atoms with Gasteiger partial charge in [0.25, 0.3) is 0 Å². The average molecular weight is 414 g/mol. The quantitative estimate of drug-likeness (QED) is 0.679. The molecule has 0 N–H and O–H groups in total. The standard InChI is InChI=1S/C24H40B2O4/c1-15(2)17-13-20(26-29-23(9,10)24(11,12)30-26)18(16(3)4)14-19(17)25-27-21(5,6)22(7,8)28-25/h13-16H,1-12H3. The summed E-state index contributed by atoms with van der Waals surface area (Å²) in [6.07, 6.45) is 0. The smallest absolute Gasteiger partial charge is 0.399 e. The van der Waals surface area contributed by atoms with Crippen LogP contribution in [0.2, 0.25) is 0 Å².